The van der Waals surface area contributed by atoms with Crippen LogP contribution in [0.2, 0.25) is 0 Å². The Morgan fingerprint density at radius 1 is 1.09 bits per heavy atom. The van der Waals surface area contributed by atoms with Crippen molar-refractivity contribution in [2.45, 2.75) is 45.7 Å². The lowest BCUT2D eigenvalue weighted by atomic mass is 10.0. The highest BCUT2D eigenvalue weighted by Gasteiger charge is 2.29. The van der Waals surface area contributed by atoms with Gasteiger partial charge in [-0.2, -0.15) is 0 Å². The van der Waals surface area contributed by atoms with Crippen LogP contribution in [0.15, 0.2) is 42.5 Å². The number of amides is 2. The van der Waals surface area contributed by atoms with Crippen molar-refractivity contribution >= 4 is 22.6 Å². The van der Waals surface area contributed by atoms with E-state index in [4.69, 9.17) is 0 Å². The normalized spacial score (nSPS) is 12.7. The van der Waals surface area contributed by atoms with Gasteiger partial charge in [-0.3, -0.25) is 9.59 Å². The van der Waals surface area contributed by atoms with Crippen LogP contribution in [0.4, 0.5) is 0 Å². The summed E-state index contributed by atoms with van der Waals surface area (Å²) in [7, 11) is 0. The molecule has 0 heterocycles. The van der Waals surface area contributed by atoms with Crippen LogP contribution in [0.3, 0.4) is 0 Å². The summed E-state index contributed by atoms with van der Waals surface area (Å²) < 4.78 is 0. The molecule has 4 heteroatoms. The van der Waals surface area contributed by atoms with Crippen LogP contribution in [-0.4, -0.2) is 23.4 Å². The highest BCUT2D eigenvalue weighted by Crippen LogP contribution is 2.16. The lowest BCUT2D eigenvalue weighted by molar-refractivity contribution is -0.131. The van der Waals surface area contributed by atoms with E-state index in [0.29, 0.717) is 0 Å². The number of fused-ring (bicyclic) bond motifs is 1. The predicted molar refractivity (Wildman–Crippen MR) is 93.2 cm³/mol. The molecule has 0 aromatic heterocycles. The Kier molecular flexibility index (Phi) is 5.04. The van der Waals surface area contributed by atoms with Crippen LogP contribution in [0.25, 0.3) is 10.8 Å². The molecular formula is C19H24N2O2. The molecule has 4 nitrogen and oxygen atoms in total. The van der Waals surface area contributed by atoms with Crippen molar-refractivity contribution in [2.24, 2.45) is 0 Å². The zero-order chi connectivity index (χ0) is 17.0. The van der Waals surface area contributed by atoms with E-state index in [1.807, 2.05) is 19.1 Å². The molecule has 0 unspecified atom stereocenters. The molecule has 0 saturated carbocycles. The first-order valence-electron chi connectivity index (χ1n) is 7.85. The minimum atomic E-state index is -0.913. The van der Waals surface area contributed by atoms with Gasteiger partial charge >= 0.3 is 0 Å². The number of hydrogen-bond acceptors (Lipinski definition) is 2. The summed E-state index contributed by atoms with van der Waals surface area (Å²) in [5, 5.41) is 8.03. The SMILES string of the molecule is CC(=O)NC(C)(C)C(=O)N[C@H](C)Cc1ccc2ccccc2c1. The second-order valence-electron chi connectivity index (χ2n) is 6.57. The van der Waals surface area contributed by atoms with Crippen LogP contribution in [0, 0.1) is 0 Å². The average Bonchev–Trinajstić information content (AvgIpc) is 2.45. The highest BCUT2D eigenvalue weighted by atomic mass is 16.2. The summed E-state index contributed by atoms with van der Waals surface area (Å²) in [5.41, 5.74) is 0.262. The quantitative estimate of drug-likeness (QED) is 0.892. The van der Waals surface area contributed by atoms with Gasteiger partial charge in [0.15, 0.2) is 0 Å². The molecule has 23 heavy (non-hydrogen) atoms. The monoisotopic (exact) mass is 312 g/mol. The van der Waals surface area contributed by atoms with Gasteiger partial charge in [-0.25, -0.2) is 0 Å². The zero-order valence-electron chi connectivity index (χ0n) is 14.1. The van der Waals surface area contributed by atoms with Crippen molar-refractivity contribution in [3.8, 4) is 0 Å². The van der Waals surface area contributed by atoms with E-state index in [9.17, 15) is 9.59 Å². The molecule has 2 N–H and O–H groups in total. The van der Waals surface area contributed by atoms with Crippen molar-refractivity contribution in [2.75, 3.05) is 0 Å². The van der Waals surface area contributed by atoms with Gasteiger partial charge in [0.05, 0.1) is 0 Å². The smallest absolute Gasteiger partial charge is 0.245 e. The molecule has 0 spiro atoms. The third-order valence-corrected chi connectivity index (χ3v) is 3.79. The molecule has 0 saturated heterocycles. The van der Waals surface area contributed by atoms with Crippen molar-refractivity contribution in [3.63, 3.8) is 0 Å². The molecule has 1 atom stereocenters. The third kappa shape index (κ3) is 4.55. The summed E-state index contributed by atoms with van der Waals surface area (Å²) in [5.74, 6) is -0.395. The van der Waals surface area contributed by atoms with E-state index in [2.05, 4.69) is 41.0 Å². The Bertz CT molecular complexity index is 722. The molecule has 0 fully saturated rings. The number of carbonyl (C=O) groups excluding carboxylic acids is 2. The van der Waals surface area contributed by atoms with E-state index in [-0.39, 0.29) is 17.9 Å². The number of rotatable bonds is 5. The molecule has 0 aliphatic carbocycles. The first-order chi connectivity index (χ1) is 10.8. The largest absolute Gasteiger partial charge is 0.351 e. The molecule has 122 valence electrons. The lowest BCUT2D eigenvalue weighted by Gasteiger charge is -2.26. The fourth-order valence-electron chi connectivity index (χ4n) is 2.67. The number of benzene rings is 2. The van der Waals surface area contributed by atoms with E-state index >= 15 is 0 Å². The summed E-state index contributed by atoms with van der Waals surface area (Å²) in [6, 6.07) is 14.5. The van der Waals surface area contributed by atoms with Crippen LogP contribution in [-0.2, 0) is 16.0 Å². The first kappa shape index (κ1) is 17.0. The van der Waals surface area contributed by atoms with E-state index in [0.717, 1.165) is 6.42 Å². The first-order valence-corrected chi connectivity index (χ1v) is 7.85. The van der Waals surface area contributed by atoms with Crippen LogP contribution < -0.4 is 10.6 Å². The number of carbonyl (C=O) groups is 2. The molecule has 2 aromatic carbocycles. The van der Waals surface area contributed by atoms with Crippen molar-refractivity contribution in [1.29, 1.82) is 0 Å². The lowest BCUT2D eigenvalue weighted by Crippen LogP contribution is -2.56. The average molecular weight is 312 g/mol. The molecule has 2 rings (SSSR count). The maximum absolute atomic E-state index is 12.3. The van der Waals surface area contributed by atoms with Gasteiger partial charge in [0.2, 0.25) is 11.8 Å². The predicted octanol–water partition coefficient (Wildman–Crippen LogP) is 2.80. The Hall–Kier alpha value is -2.36. The topological polar surface area (TPSA) is 58.2 Å². The minimum absolute atomic E-state index is 0.0169. The third-order valence-electron chi connectivity index (χ3n) is 3.79. The van der Waals surface area contributed by atoms with Gasteiger partial charge < -0.3 is 10.6 Å². The Morgan fingerprint density at radius 2 is 1.74 bits per heavy atom. The molecule has 0 radical (unpaired) electrons. The maximum Gasteiger partial charge on any atom is 0.245 e. The van der Waals surface area contributed by atoms with Gasteiger partial charge in [0.25, 0.3) is 0 Å². The Labute approximate surface area is 137 Å². The maximum atomic E-state index is 12.3. The second kappa shape index (κ2) is 6.82. The second-order valence-corrected chi connectivity index (χ2v) is 6.57. The zero-order valence-corrected chi connectivity index (χ0v) is 14.1. The van der Waals surface area contributed by atoms with E-state index in [1.54, 1.807) is 13.8 Å². The van der Waals surface area contributed by atoms with Gasteiger partial charge in [-0.1, -0.05) is 42.5 Å². The summed E-state index contributed by atoms with van der Waals surface area (Å²) in [6.45, 7) is 6.78. The fraction of sp³-hybridized carbons (Fsp3) is 0.368. The minimum Gasteiger partial charge on any atom is -0.351 e. The fourth-order valence-corrected chi connectivity index (χ4v) is 2.67. The number of nitrogens with one attached hydrogen (secondary N) is 2. The highest BCUT2D eigenvalue weighted by molar-refractivity contribution is 5.90. The van der Waals surface area contributed by atoms with Gasteiger partial charge in [-0.05, 0) is 43.5 Å². The molecule has 2 aromatic rings. The molecular weight excluding hydrogens is 288 g/mol. The molecule has 0 aliphatic heterocycles. The Balaban J connectivity index is 2.01. The van der Waals surface area contributed by atoms with Crippen molar-refractivity contribution in [3.05, 3.63) is 48.0 Å². The van der Waals surface area contributed by atoms with Crippen LogP contribution in [0.1, 0.15) is 33.3 Å². The van der Waals surface area contributed by atoms with Crippen molar-refractivity contribution in [1.82, 2.24) is 10.6 Å². The molecule has 0 aliphatic rings. The Morgan fingerprint density at radius 3 is 2.39 bits per heavy atom. The summed E-state index contributed by atoms with van der Waals surface area (Å²) in [4.78, 5) is 23.5. The van der Waals surface area contributed by atoms with Crippen LogP contribution >= 0.6 is 0 Å². The number of hydrogen-bond donors (Lipinski definition) is 2. The molecule has 2 amide bonds. The van der Waals surface area contributed by atoms with Gasteiger partial charge in [0, 0.05) is 13.0 Å². The van der Waals surface area contributed by atoms with Crippen LogP contribution in [0.5, 0.6) is 0 Å². The van der Waals surface area contributed by atoms with Gasteiger partial charge in [0.1, 0.15) is 5.54 Å². The van der Waals surface area contributed by atoms with Crippen molar-refractivity contribution < 1.29 is 9.59 Å². The van der Waals surface area contributed by atoms with Gasteiger partial charge in [-0.15, -0.1) is 0 Å². The summed E-state index contributed by atoms with van der Waals surface area (Å²) >= 11 is 0. The van der Waals surface area contributed by atoms with E-state index < -0.39 is 5.54 Å². The summed E-state index contributed by atoms with van der Waals surface area (Å²) in [6.07, 6.45) is 0.743. The standard InChI is InChI=1S/C19H24N2O2/c1-13(20-18(23)19(3,4)21-14(2)22)11-15-9-10-16-7-5-6-8-17(16)12-15/h5-10,12-13H,11H2,1-4H3,(H,20,23)(H,21,22)/t13-/m1/s1. The van der Waals surface area contributed by atoms with E-state index in [1.165, 1.54) is 23.3 Å². The molecule has 0 bridgehead atoms.